The molecule has 0 saturated heterocycles. The third kappa shape index (κ3) is 7.17. The Morgan fingerprint density at radius 3 is 2.26 bits per heavy atom. The van der Waals surface area contributed by atoms with Gasteiger partial charge in [0.2, 0.25) is 0 Å². The molecule has 1 aromatic rings. The normalized spacial score (nSPS) is 13.3. The van der Waals surface area contributed by atoms with Crippen molar-refractivity contribution in [1.29, 1.82) is 0 Å². The lowest BCUT2D eigenvalue weighted by Gasteiger charge is -2.13. The van der Waals surface area contributed by atoms with Gasteiger partial charge in [0, 0.05) is 18.3 Å². The summed E-state index contributed by atoms with van der Waals surface area (Å²) in [5.74, 6) is -1.78. The number of carboxylic acid groups (broad SMARTS) is 2. The summed E-state index contributed by atoms with van der Waals surface area (Å²) >= 11 is 0. The molecule has 8 nitrogen and oxygen atoms in total. The third-order valence-electron chi connectivity index (χ3n) is 2.44. The number of carbonyl (C=O) groups is 2. The minimum absolute atomic E-state index is 0.287. The summed E-state index contributed by atoms with van der Waals surface area (Å²) in [5, 5.41) is 16.7. The van der Waals surface area contributed by atoms with E-state index in [1.165, 1.54) is 6.33 Å². The number of carboxylic acids is 2. The van der Waals surface area contributed by atoms with Gasteiger partial charge in [-0.3, -0.25) is 14.5 Å². The summed E-state index contributed by atoms with van der Waals surface area (Å²) in [6, 6.07) is -1.23. The van der Waals surface area contributed by atoms with Gasteiger partial charge >= 0.3 is 11.9 Å². The van der Waals surface area contributed by atoms with Crippen LogP contribution in [0.1, 0.15) is 12.6 Å². The first kappa shape index (κ1) is 17.1. The Morgan fingerprint density at radius 1 is 1.42 bits per heavy atom. The number of aromatic amines is 1. The Labute approximate surface area is 111 Å². The van der Waals surface area contributed by atoms with Gasteiger partial charge in [0.15, 0.2) is 0 Å². The average molecular weight is 272 g/mol. The van der Waals surface area contributed by atoms with Gasteiger partial charge in [-0.15, -0.1) is 0 Å². The van der Waals surface area contributed by atoms with Crippen molar-refractivity contribution in [2.45, 2.75) is 25.4 Å². The molecule has 5 N–H and O–H groups in total. The SMILES string of the molecule is CC(C(=O)O)N(C)C.NC(Cc1cnc[nH]1)C(=O)O. The van der Waals surface area contributed by atoms with Crippen LogP contribution in [0.4, 0.5) is 0 Å². The molecule has 1 rings (SSSR count). The average Bonchev–Trinajstić information content (AvgIpc) is 2.81. The third-order valence-corrected chi connectivity index (χ3v) is 2.44. The lowest BCUT2D eigenvalue weighted by atomic mass is 10.2. The molecule has 0 bridgehead atoms. The number of hydrogen-bond acceptors (Lipinski definition) is 5. The second kappa shape index (κ2) is 8.22. The first-order valence-electron chi connectivity index (χ1n) is 5.60. The van der Waals surface area contributed by atoms with Crippen molar-refractivity contribution in [1.82, 2.24) is 14.9 Å². The largest absolute Gasteiger partial charge is 0.480 e. The molecule has 1 aromatic heterocycles. The number of imidazole rings is 1. The summed E-state index contributed by atoms with van der Waals surface area (Å²) < 4.78 is 0. The van der Waals surface area contributed by atoms with Crippen LogP contribution in [0.25, 0.3) is 0 Å². The van der Waals surface area contributed by atoms with Gasteiger partial charge in [-0.25, -0.2) is 4.98 Å². The summed E-state index contributed by atoms with van der Waals surface area (Å²) in [6.07, 6.45) is 3.34. The van der Waals surface area contributed by atoms with E-state index in [4.69, 9.17) is 15.9 Å². The molecular weight excluding hydrogens is 252 g/mol. The van der Waals surface area contributed by atoms with Crippen molar-refractivity contribution < 1.29 is 19.8 Å². The van der Waals surface area contributed by atoms with Crippen molar-refractivity contribution in [2.24, 2.45) is 5.73 Å². The number of hydrogen-bond donors (Lipinski definition) is 4. The van der Waals surface area contributed by atoms with E-state index in [0.29, 0.717) is 0 Å². The maximum Gasteiger partial charge on any atom is 0.320 e. The lowest BCUT2D eigenvalue weighted by molar-refractivity contribution is -0.141. The van der Waals surface area contributed by atoms with E-state index in [2.05, 4.69) is 9.97 Å². The van der Waals surface area contributed by atoms with E-state index in [-0.39, 0.29) is 12.5 Å². The molecule has 0 aliphatic heterocycles. The number of aliphatic carboxylic acids is 2. The van der Waals surface area contributed by atoms with Crippen molar-refractivity contribution in [3.63, 3.8) is 0 Å². The number of nitrogens with zero attached hydrogens (tertiary/aromatic N) is 2. The standard InChI is InChI=1S/C6H9N3O2.C5H11NO2/c7-5(6(10)11)1-4-2-8-3-9-4;1-4(5(7)8)6(2)3/h2-3,5H,1,7H2,(H,8,9)(H,10,11);4H,1-3H3,(H,7,8). The van der Waals surface area contributed by atoms with Gasteiger partial charge in [-0.2, -0.15) is 0 Å². The predicted molar refractivity (Wildman–Crippen MR) is 68.7 cm³/mol. The second-order valence-electron chi connectivity index (χ2n) is 4.20. The smallest absolute Gasteiger partial charge is 0.320 e. The molecule has 19 heavy (non-hydrogen) atoms. The maximum atomic E-state index is 10.3. The molecule has 0 amide bonds. The van der Waals surface area contributed by atoms with Gasteiger partial charge < -0.3 is 20.9 Å². The quantitative estimate of drug-likeness (QED) is 0.561. The number of likely N-dealkylation sites (N-methyl/N-ethyl adjacent to an activating group) is 1. The van der Waals surface area contributed by atoms with E-state index in [0.717, 1.165) is 5.69 Å². The molecule has 0 aromatic carbocycles. The zero-order valence-corrected chi connectivity index (χ0v) is 11.2. The molecule has 0 fully saturated rings. The van der Waals surface area contributed by atoms with Crippen LogP contribution in [0.15, 0.2) is 12.5 Å². The minimum Gasteiger partial charge on any atom is -0.480 e. The topological polar surface area (TPSA) is 133 Å². The Morgan fingerprint density at radius 2 is 2.00 bits per heavy atom. The fourth-order valence-electron chi connectivity index (χ4n) is 0.941. The highest BCUT2D eigenvalue weighted by atomic mass is 16.4. The van der Waals surface area contributed by atoms with E-state index in [1.807, 2.05) is 0 Å². The molecule has 1 heterocycles. The van der Waals surface area contributed by atoms with Crippen LogP contribution in [0.5, 0.6) is 0 Å². The Balaban J connectivity index is 0.000000362. The highest BCUT2D eigenvalue weighted by Crippen LogP contribution is 1.95. The minimum atomic E-state index is -1.00. The molecule has 0 saturated carbocycles. The van der Waals surface area contributed by atoms with Gasteiger partial charge in [-0.05, 0) is 21.0 Å². The van der Waals surface area contributed by atoms with Crippen molar-refractivity contribution >= 4 is 11.9 Å². The van der Waals surface area contributed by atoms with Gasteiger partial charge in [-0.1, -0.05) is 0 Å². The molecule has 8 heteroatoms. The lowest BCUT2D eigenvalue weighted by Crippen LogP contribution is -2.32. The van der Waals surface area contributed by atoms with E-state index in [1.54, 1.807) is 32.1 Å². The highest BCUT2D eigenvalue weighted by molar-refractivity contribution is 5.73. The Bertz CT molecular complexity index is 391. The first-order valence-corrected chi connectivity index (χ1v) is 5.60. The molecule has 0 radical (unpaired) electrons. The van der Waals surface area contributed by atoms with Crippen LogP contribution < -0.4 is 5.73 Å². The number of aromatic nitrogens is 2. The summed E-state index contributed by atoms with van der Waals surface area (Å²) in [6.45, 7) is 1.64. The molecule has 0 spiro atoms. The fourth-order valence-corrected chi connectivity index (χ4v) is 0.941. The number of nitrogens with one attached hydrogen (secondary N) is 1. The van der Waals surface area contributed by atoms with Crippen molar-refractivity contribution in [3.8, 4) is 0 Å². The zero-order valence-electron chi connectivity index (χ0n) is 11.2. The van der Waals surface area contributed by atoms with Gasteiger partial charge in [0.25, 0.3) is 0 Å². The Kier molecular flexibility index (Phi) is 7.39. The summed E-state index contributed by atoms with van der Waals surface area (Å²) in [5.41, 5.74) is 6.00. The summed E-state index contributed by atoms with van der Waals surface area (Å²) in [7, 11) is 3.47. The molecule has 0 aliphatic rings. The highest BCUT2D eigenvalue weighted by Gasteiger charge is 2.12. The van der Waals surface area contributed by atoms with Crippen LogP contribution in [0.2, 0.25) is 0 Å². The van der Waals surface area contributed by atoms with Crippen molar-refractivity contribution in [3.05, 3.63) is 18.2 Å². The monoisotopic (exact) mass is 272 g/mol. The number of rotatable bonds is 5. The van der Waals surface area contributed by atoms with E-state index >= 15 is 0 Å². The van der Waals surface area contributed by atoms with Crippen LogP contribution in [0, 0.1) is 0 Å². The van der Waals surface area contributed by atoms with E-state index in [9.17, 15) is 9.59 Å². The first-order chi connectivity index (χ1) is 8.75. The maximum absolute atomic E-state index is 10.3. The van der Waals surface area contributed by atoms with Crippen LogP contribution in [0.3, 0.4) is 0 Å². The van der Waals surface area contributed by atoms with Crippen LogP contribution in [-0.4, -0.2) is 63.2 Å². The number of nitrogens with two attached hydrogens (primary N) is 1. The molecule has 108 valence electrons. The molecule has 2 unspecified atom stereocenters. The van der Waals surface area contributed by atoms with Crippen molar-refractivity contribution in [2.75, 3.05) is 14.1 Å². The molecule has 2 atom stereocenters. The predicted octanol–water partition coefficient (Wildman–Crippen LogP) is -0.615. The van der Waals surface area contributed by atoms with Crippen LogP contribution in [-0.2, 0) is 16.0 Å². The Hall–Kier alpha value is -1.93. The molecule has 0 aliphatic carbocycles. The van der Waals surface area contributed by atoms with Crippen LogP contribution >= 0.6 is 0 Å². The van der Waals surface area contributed by atoms with E-state index < -0.39 is 18.0 Å². The summed E-state index contributed by atoms with van der Waals surface area (Å²) in [4.78, 5) is 28.5. The van der Waals surface area contributed by atoms with Gasteiger partial charge in [0.1, 0.15) is 12.1 Å². The van der Waals surface area contributed by atoms with Gasteiger partial charge in [0.05, 0.1) is 6.33 Å². The second-order valence-corrected chi connectivity index (χ2v) is 4.20. The number of H-pyrrole nitrogens is 1. The zero-order chi connectivity index (χ0) is 15.0. The molecular formula is C11H20N4O4. The fraction of sp³-hybridized carbons (Fsp3) is 0.545.